The number of hydrogen-bond acceptors (Lipinski definition) is 10. The lowest BCUT2D eigenvalue weighted by Crippen LogP contribution is -2.29. The number of rotatable bonds is 12. The quantitative estimate of drug-likeness (QED) is 0.0448. The summed E-state index contributed by atoms with van der Waals surface area (Å²) in [4.78, 5) is 33.9. The first-order valence-electron chi connectivity index (χ1n) is 15.9. The Morgan fingerprint density at radius 2 is 1.86 bits per heavy atom. The molecule has 1 aliphatic heterocycles. The Morgan fingerprint density at radius 1 is 1.06 bits per heavy atom. The molecule has 0 aliphatic carbocycles. The van der Waals surface area contributed by atoms with Crippen molar-refractivity contribution in [3.8, 4) is 11.5 Å². The van der Waals surface area contributed by atoms with E-state index in [1.165, 1.54) is 28.0 Å². The maximum absolute atomic E-state index is 14.0. The van der Waals surface area contributed by atoms with Crippen molar-refractivity contribution in [2.75, 3.05) is 18.1 Å². The average molecular weight is 718 g/mol. The molecule has 1 N–H and O–H groups in total. The van der Waals surface area contributed by atoms with E-state index in [0.29, 0.717) is 62.7 Å². The number of pyridine rings is 1. The van der Waals surface area contributed by atoms with E-state index in [9.17, 15) is 14.7 Å². The van der Waals surface area contributed by atoms with Crippen LogP contribution in [-0.4, -0.2) is 49.6 Å². The van der Waals surface area contributed by atoms with Crippen molar-refractivity contribution in [2.24, 2.45) is 5.92 Å². The maximum Gasteiger partial charge on any atom is 0.301 e. The summed E-state index contributed by atoms with van der Waals surface area (Å²) >= 11 is 8.96. The fourth-order valence-electron chi connectivity index (χ4n) is 5.62. The van der Waals surface area contributed by atoms with Gasteiger partial charge in [0.05, 0.1) is 30.5 Å². The van der Waals surface area contributed by atoms with Crippen LogP contribution in [0.25, 0.3) is 11.4 Å². The van der Waals surface area contributed by atoms with Gasteiger partial charge in [-0.05, 0) is 74.1 Å². The van der Waals surface area contributed by atoms with Crippen LogP contribution < -0.4 is 14.4 Å². The van der Waals surface area contributed by atoms with Gasteiger partial charge in [0.2, 0.25) is 5.13 Å². The highest BCUT2D eigenvalue weighted by Crippen LogP contribution is 2.46. The third-order valence-electron chi connectivity index (χ3n) is 8.20. The number of halogens is 1. The number of ketones is 1. The van der Waals surface area contributed by atoms with Crippen molar-refractivity contribution in [3.63, 3.8) is 0 Å². The zero-order chi connectivity index (χ0) is 34.8. The van der Waals surface area contributed by atoms with Gasteiger partial charge < -0.3 is 19.0 Å². The predicted octanol–water partition coefficient (Wildman–Crippen LogP) is 8.20. The SMILES string of the molecule is CCOc1cc(C2/C(=C(\O)c3nc4c(C)cccn4c3C)C(=O)C(=O)N2c2nnc(SCc3ccccc3Cl)s2)ccc1OCCC(C)C. The maximum atomic E-state index is 14.0. The minimum Gasteiger partial charge on any atom is -0.505 e. The molecule has 2 aromatic carbocycles. The van der Waals surface area contributed by atoms with Crippen LogP contribution in [0, 0.1) is 19.8 Å². The molecule has 49 heavy (non-hydrogen) atoms. The second-order valence-electron chi connectivity index (χ2n) is 12.0. The zero-order valence-electron chi connectivity index (χ0n) is 27.8. The van der Waals surface area contributed by atoms with Crippen molar-refractivity contribution in [1.29, 1.82) is 0 Å². The molecule has 10 nitrogen and oxygen atoms in total. The van der Waals surface area contributed by atoms with E-state index in [1.54, 1.807) is 18.2 Å². The highest BCUT2D eigenvalue weighted by atomic mass is 35.5. The summed E-state index contributed by atoms with van der Waals surface area (Å²) in [6.45, 7) is 10.7. The molecular formula is C36H36ClN5O5S2. The van der Waals surface area contributed by atoms with Crippen LogP contribution in [0.5, 0.6) is 11.5 Å². The standard InChI is InChI=1S/C36H36ClN5O5S2/c1-6-46-27-18-23(13-14-26(27)47-17-15-20(2)3)30-28(31(43)29-22(5)41-16-9-10-21(4)33(41)38-29)32(44)34(45)42(30)35-39-40-36(49-35)48-19-24-11-7-8-12-25(24)37/h7-14,16,18,20,30,43H,6,15,17,19H2,1-5H3/b31-28+. The fraction of sp³-hybridized carbons (Fsp3) is 0.306. The van der Waals surface area contributed by atoms with E-state index >= 15 is 0 Å². The number of anilines is 1. The van der Waals surface area contributed by atoms with Crippen LogP contribution >= 0.6 is 34.7 Å². The van der Waals surface area contributed by atoms with Gasteiger partial charge in [-0.15, -0.1) is 10.2 Å². The molecule has 6 rings (SSSR count). The number of aliphatic hydroxyl groups is 1. The lowest BCUT2D eigenvalue weighted by molar-refractivity contribution is -0.132. The number of benzene rings is 2. The lowest BCUT2D eigenvalue weighted by Gasteiger charge is -2.23. The largest absolute Gasteiger partial charge is 0.505 e. The summed E-state index contributed by atoms with van der Waals surface area (Å²) in [7, 11) is 0. The lowest BCUT2D eigenvalue weighted by atomic mass is 9.96. The number of carbonyl (C=O) groups excluding carboxylic acids is 2. The first-order valence-corrected chi connectivity index (χ1v) is 18.1. The third kappa shape index (κ3) is 6.90. The number of amides is 1. The van der Waals surface area contributed by atoms with Crippen molar-refractivity contribution >= 4 is 62.9 Å². The minimum absolute atomic E-state index is 0.106. The van der Waals surface area contributed by atoms with Gasteiger partial charge in [0.1, 0.15) is 11.3 Å². The van der Waals surface area contributed by atoms with Gasteiger partial charge in [-0.3, -0.25) is 14.5 Å². The van der Waals surface area contributed by atoms with Crippen molar-refractivity contribution in [1.82, 2.24) is 19.6 Å². The number of imidazole rings is 1. The highest BCUT2D eigenvalue weighted by molar-refractivity contribution is 8.00. The summed E-state index contributed by atoms with van der Waals surface area (Å²) in [5, 5.41) is 21.4. The van der Waals surface area contributed by atoms with Crippen LogP contribution in [0.15, 0.2) is 70.7 Å². The molecule has 13 heteroatoms. The van der Waals surface area contributed by atoms with Crippen molar-refractivity contribution in [2.45, 2.75) is 57.2 Å². The minimum atomic E-state index is -1.05. The third-order valence-corrected chi connectivity index (χ3v) is 10.7. The second kappa shape index (κ2) is 14.6. The van der Waals surface area contributed by atoms with E-state index < -0.39 is 17.7 Å². The van der Waals surface area contributed by atoms with E-state index in [1.807, 2.05) is 67.8 Å². The number of ether oxygens (including phenoxy) is 2. The molecular weight excluding hydrogens is 682 g/mol. The monoisotopic (exact) mass is 717 g/mol. The molecule has 0 saturated carbocycles. The summed E-state index contributed by atoms with van der Waals surface area (Å²) in [6.07, 6.45) is 2.70. The normalized spacial score (nSPS) is 15.9. The van der Waals surface area contributed by atoms with Crippen molar-refractivity contribution < 1.29 is 24.2 Å². The van der Waals surface area contributed by atoms with Gasteiger partial charge in [-0.1, -0.05) is 78.9 Å². The van der Waals surface area contributed by atoms with E-state index in [0.717, 1.165) is 17.5 Å². The number of hydrogen-bond donors (Lipinski definition) is 1. The highest BCUT2D eigenvalue weighted by Gasteiger charge is 2.49. The molecule has 5 aromatic rings. The Hall–Kier alpha value is -4.39. The zero-order valence-corrected chi connectivity index (χ0v) is 30.2. The number of nitrogens with zero attached hydrogens (tertiary/aromatic N) is 5. The van der Waals surface area contributed by atoms with Gasteiger partial charge in [-0.25, -0.2) is 4.98 Å². The van der Waals surface area contributed by atoms with Crippen LogP contribution in [0.2, 0.25) is 5.02 Å². The Morgan fingerprint density at radius 3 is 2.59 bits per heavy atom. The van der Waals surface area contributed by atoms with Crippen LogP contribution in [0.4, 0.5) is 5.13 Å². The number of thioether (sulfide) groups is 1. The number of aliphatic hydroxyl groups excluding tert-OH is 1. The fourth-order valence-corrected chi connectivity index (χ4v) is 7.77. The summed E-state index contributed by atoms with van der Waals surface area (Å²) < 4.78 is 14.5. The molecule has 1 saturated heterocycles. The number of fused-ring (bicyclic) bond motifs is 1. The number of aryl methyl sites for hydroxylation is 2. The first-order chi connectivity index (χ1) is 23.6. The molecule has 1 atom stereocenters. The Labute approximate surface area is 297 Å². The first kappa shape index (κ1) is 34.5. The number of carbonyl (C=O) groups is 2. The van der Waals surface area contributed by atoms with E-state index in [4.69, 9.17) is 26.1 Å². The van der Waals surface area contributed by atoms with Crippen LogP contribution in [-0.2, 0) is 15.3 Å². The second-order valence-corrected chi connectivity index (χ2v) is 14.6. The van der Waals surface area contributed by atoms with Gasteiger partial charge in [-0.2, -0.15) is 0 Å². The molecule has 1 fully saturated rings. The summed E-state index contributed by atoms with van der Waals surface area (Å²) in [5.41, 5.74) is 3.72. The molecule has 254 valence electrons. The molecule has 1 unspecified atom stereocenters. The van der Waals surface area contributed by atoms with Crippen molar-refractivity contribution in [3.05, 3.63) is 99.5 Å². The molecule has 0 bridgehead atoms. The molecule has 4 heterocycles. The van der Waals surface area contributed by atoms with Crippen LogP contribution in [0.1, 0.15) is 61.3 Å². The van der Waals surface area contributed by atoms with Gasteiger partial charge >= 0.3 is 5.91 Å². The van der Waals surface area contributed by atoms with Gasteiger partial charge in [0.15, 0.2) is 21.6 Å². The van der Waals surface area contributed by atoms with E-state index in [-0.39, 0.29) is 22.2 Å². The van der Waals surface area contributed by atoms with Gasteiger partial charge in [0.25, 0.3) is 5.78 Å². The van der Waals surface area contributed by atoms with E-state index in [2.05, 4.69) is 24.0 Å². The number of aromatic nitrogens is 4. The topological polar surface area (TPSA) is 119 Å². The molecule has 0 radical (unpaired) electrons. The Bertz CT molecular complexity index is 2070. The average Bonchev–Trinajstić information content (AvgIpc) is 3.76. The number of Topliss-reactive ketones (excluding diaryl/α,β-unsaturated/α-hetero) is 1. The predicted molar refractivity (Wildman–Crippen MR) is 193 cm³/mol. The summed E-state index contributed by atoms with van der Waals surface area (Å²) in [6, 6.07) is 15.6. The molecule has 0 spiro atoms. The Kier molecular flexibility index (Phi) is 10.3. The molecule has 1 amide bonds. The smallest absolute Gasteiger partial charge is 0.301 e. The molecule has 3 aromatic heterocycles. The summed E-state index contributed by atoms with van der Waals surface area (Å²) in [5.74, 6) is -0.0599. The molecule has 1 aliphatic rings. The Balaban J connectivity index is 1.45. The van der Waals surface area contributed by atoms with Crippen LogP contribution in [0.3, 0.4) is 0 Å². The van der Waals surface area contributed by atoms with Gasteiger partial charge in [0, 0.05) is 17.0 Å².